The van der Waals surface area contributed by atoms with Gasteiger partial charge in [-0.1, -0.05) is 27.7 Å². The first-order valence-electron chi connectivity index (χ1n) is 7.56. The predicted molar refractivity (Wildman–Crippen MR) is 101 cm³/mol. The van der Waals surface area contributed by atoms with Gasteiger partial charge >= 0.3 is 0 Å². The van der Waals surface area contributed by atoms with Crippen LogP contribution in [0.15, 0.2) is 58.2 Å². The van der Waals surface area contributed by atoms with Crippen molar-refractivity contribution in [3.8, 4) is 5.75 Å². The van der Waals surface area contributed by atoms with E-state index in [9.17, 15) is 9.18 Å². The van der Waals surface area contributed by atoms with Gasteiger partial charge in [-0.3, -0.25) is 9.89 Å². The standard InChI is InChI=1S/C17H14BrFN4O2S/c18-11-1-7-14(8-2-11)25-9-15-21-17(23-22-15)26-10-16(24)20-13-5-3-12(19)4-6-13/h1-8H,9-10H2,(H,20,24)(H,21,22,23). The maximum atomic E-state index is 12.8. The van der Waals surface area contributed by atoms with Crippen LogP contribution in [0.2, 0.25) is 0 Å². The molecular formula is C17H14BrFN4O2S. The van der Waals surface area contributed by atoms with Gasteiger partial charge in [-0.15, -0.1) is 5.10 Å². The summed E-state index contributed by atoms with van der Waals surface area (Å²) in [5.41, 5.74) is 0.538. The fourth-order valence-corrected chi connectivity index (χ4v) is 2.83. The summed E-state index contributed by atoms with van der Waals surface area (Å²) in [6.45, 7) is 0.247. The molecule has 0 saturated carbocycles. The van der Waals surface area contributed by atoms with Gasteiger partial charge in [-0.2, -0.15) is 0 Å². The molecule has 0 bridgehead atoms. The number of halogens is 2. The Morgan fingerprint density at radius 1 is 1.19 bits per heavy atom. The highest BCUT2D eigenvalue weighted by Gasteiger charge is 2.09. The number of anilines is 1. The summed E-state index contributed by atoms with van der Waals surface area (Å²) < 4.78 is 19.4. The van der Waals surface area contributed by atoms with Crippen molar-refractivity contribution in [1.29, 1.82) is 0 Å². The predicted octanol–water partition coefficient (Wildman–Crippen LogP) is 4.02. The number of carbonyl (C=O) groups is 1. The molecule has 2 N–H and O–H groups in total. The van der Waals surface area contributed by atoms with Crippen molar-refractivity contribution in [3.63, 3.8) is 0 Å². The van der Waals surface area contributed by atoms with Crippen LogP contribution in [-0.2, 0) is 11.4 Å². The summed E-state index contributed by atoms with van der Waals surface area (Å²) in [5, 5.41) is 9.95. The minimum Gasteiger partial charge on any atom is -0.486 e. The molecule has 0 unspecified atom stereocenters. The molecular weight excluding hydrogens is 423 g/mol. The molecule has 1 heterocycles. The topological polar surface area (TPSA) is 79.9 Å². The van der Waals surface area contributed by atoms with Crippen molar-refractivity contribution in [2.24, 2.45) is 0 Å². The number of carbonyl (C=O) groups excluding carboxylic acids is 1. The Balaban J connectivity index is 1.45. The van der Waals surface area contributed by atoms with E-state index in [0.717, 1.165) is 10.2 Å². The van der Waals surface area contributed by atoms with Crippen LogP contribution in [0.5, 0.6) is 5.75 Å². The number of ether oxygens (including phenoxy) is 1. The largest absolute Gasteiger partial charge is 0.486 e. The first kappa shape index (κ1) is 18.4. The van der Waals surface area contributed by atoms with Crippen LogP contribution in [0.3, 0.4) is 0 Å². The number of hydrogen-bond acceptors (Lipinski definition) is 5. The van der Waals surface area contributed by atoms with Gasteiger partial charge in [0.2, 0.25) is 11.1 Å². The van der Waals surface area contributed by atoms with E-state index in [-0.39, 0.29) is 24.1 Å². The molecule has 134 valence electrons. The van der Waals surface area contributed by atoms with Crippen molar-refractivity contribution in [2.75, 3.05) is 11.1 Å². The SMILES string of the molecule is O=C(CSc1n[nH]c(COc2ccc(Br)cc2)n1)Nc1ccc(F)cc1. The summed E-state index contributed by atoms with van der Waals surface area (Å²) in [6.07, 6.45) is 0. The summed E-state index contributed by atoms with van der Waals surface area (Å²) in [5.74, 6) is 0.851. The van der Waals surface area contributed by atoms with Gasteiger partial charge in [0, 0.05) is 10.2 Å². The van der Waals surface area contributed by atoms with Gasteiger partial charge in [0.1, 0.15) is 18.2 Å². The van der Waals surface area contributed by atoms with Gasteiger partial charge in [-0.05, 0) is 48.5 Å². The molecule has 0 aliphatic carbocycles. The molecule has 2 aromatic carbocycles. The van der Waals surface area contributed by atoms with E-state index in [4.69, 9.17) is 4.74 Å². The number of amides is 1. The molecule has 3 aromatic rings. The lowest BCUT2D eigenvalue weighted by Gasteiger charge is -2.03. The van der Waals surface area contributed by atoms with Crippen molar-refractivity contribution in [2.45, 2.75) is 11.8 Å². The number of aromatic nitrogens is 3. The molecule has 26 heavy (non-hydrogen) atoms. The quantitative estimate of drug-likeness (QED) is 0.546. The van der Waals surface area contributed by atoms with Crippen LogP contribution >= 0.6 is 27.7 Å². The minimum absolute atomic E-state index is 0.141. The molecule has 0 atom stereocenters. The van der Waals surface area contributed by atoms with Gasteiger partial charge in [-0.25, -0.2) is 9.37 Å². The zero-order chi connectivity index (χ0) is 18.4. The third-order valence-corrected chi connectivity index (χ3v) is 4.54. The van der Waals surface area contributed by atoms with Crippen molar-refractivity contribution in [3.05, 3.63) is 64.6 Å². The number of hydrogen-bond donors (Lipinski definition) is 2. The number of aromatic amines is 1. The van der Waals surface area contributed by atoms with E-state index in [1.54, 1.807) is 0 Å². The van der Waals surface area contributed by atoms with Crippen LogP contribution < -0.4 is 10.1 Å². The van der Waals surface area contributed by atoms with E-state index in [0.29, 0.717) is 16.7 Å². The fourth-order valence-electron chi connectivity index (χ4n) is 1.95. The van der Waals surface area contributed by atoms with Crippen molar-refractivity contribution < 1.29 is 13.9 Å². The lowest BCUT2D eigenvalue weighted by molar-refractivity contribution is -0.113. The van der Waals surface area contributed by atoms with Gasteiger partial charge in [0.15, 0.2) is 5.82 Å². The Labute approximate surface area is 161 Å². The summed E-state index contributed by atoms with van der Waals surface area (Å²) >= 11 is 4.56. The zero-order valence-corrected chi connectivity index (χ0v) is 15.8. The number of nitrogens with zero attached hydrogens (tertiary/aromatic N) is 2. The summed E-state index contributed by atoms with van der Waals surface area (Å²) in [4.78, 5) is 16.2. The van der Waals surface area contributed by atoms with Gasteiger partial charge in [0.25, 0.3) is 0 Å². The first-order chi connectivity index (χ1) is 12.6. The maximum Gasteiger partial charge on any atom is 0.234 e. The molecule has 0 aliphatic heterocycles. The summed E-state index contributed by atoms with van der Waals surface area (Å²) in [6, 6.07) is 13.0. The lowest BCUT2D eigenvalue weighted by atomic mass is 10.3. The van der Waals surface area contributed by atoms with Gasteiger partial charge in [0.05, 0.1) is 5.75 Å². The molecule has 1 aromatic heterocycles. The monoisotopic (exact) mass is 436 g/mol. The minimum atomic E-state index is -0.351. The molecule has 0 aliphatic rings. The van der Waals surface area contributed by atoms with Crippen molar-refractivity contribution >= 4 is 39.3 Å². The number of benzene rings is 2. The molecule has 0 fully saturated rings. The highest BCUT2D eigenvalue weighted by atomic mass is 79.9. The highest BCUT2D eigenvalue weighted by Crippen LogP contribution is 2.18. The Morgan fingerprint density at radius 2 is 1.92 bits per heavy atom. The van der Waals surface area contributed by atoms with E-state index in [1.165, 1.54) is 36.0 Å². The Morgan fingerprint density at radius 3 is 2.65 bits per heavy atom. The van der Waals surface area contributed by atoms with Crippen LogP contribution in [-0.4, -0.2) is 26.8 Å². The van der Waals surface area contributed by atoms with E-state index >= 15 is 0 Å². The van der Waals surface area contributed by atoms with E-state index in [1.807, 2.05) is 24.3 Å². The number of nitrogens with one attached hydrogen (secondary N) is 2. The summed E-state index contributed by atoms with van der Waals surface area (Å²) in [7, 11) is 0. The third-order valence-electron chi connectivity index (χ3n) is 3.16. The molecule has 0 spiro atoms. The smallest absolute Gasteiger partial charge is 0.234 e. The molecule has 6 nitrogen and oxygen atoms in total. The normalized spacial score (nSPS) is 10.5. The lowest BCUT2D eigenvalue weighted by Crippen LogP contribution is -2.14. The number of thioether (sulfide) groups is 1. The Hall–Kier alpha value is -2.39. The molecule has 0 radical (unpaired) electrons. The zero-order valence-electron chi connectivity index (χ0n) is 13.4. The van der Waals surface area contributed by atoms with Crippen LogP contribution in [0, 0.1) is 5.82 Å². The molecule has 1 amide bonds. The third kappa shape index (κ3) is 5.57. The molecule has 0 saturated heterocycles. The highest BCUT2D eigenvalue weighted by molar-refractivity contribution is 9.10. The van der Waals surface area contributed by atoms with Crippen LogP contribution in [0.4, 0.5) is 10.1 Å². The van der Waals surface area contributed by atoms with E-state index < -0.39 is 0 Å². The Bertz CT molecular complexity index is 871. The Kier molecular flexibility index (Phi) is 6.24. The second-order valence-corrected chi connectivity index (χ2v) is 7.01. The second-order valence-electron chi connectivity index (χ2n) is 5.15. The second kappa shape index (κ2) is 8.81. The number of H-pyrrole nitrogens is 1. The van der Waals surface area contributed by atoms with Gasteiger partial charge < -0.3 is 10.1 Å². The van der Waals surface area contributed by atoms with Crippen LogP contribution in [0.25, 0.3) is 0 Å². The average molecular weight is 437 g/mol. The average Bonchev–Trinajstić information content (AvgIpc) is 3.09. The fraction of sp³-hybridized carbons (Fsp3) is 0.118. The number of rotatable bonds is 7. The van der Waals surface area contributed by atoms with Crippen molar-refractivity contribution in [1.82, 2.24) is 15.2 Å². The molecule has 9 heteroatoms. The van der Waals surface area contributed by atoms with E-state index in [2.05, 4.69) is 36.4 Å². The van der Waals surface area contributed by atoms with Crippen LogP contribution in [0.1, 0.15) is 5.82 Å². The molecule has 3 rings (SSSR count). The maximum absolute atomic E-state index is 12.8. The first-order valence-corrected chi connectivity index (χ1v) is 9.34.